The number of anilines is 1. The van der Waals surface area contributed by atoms with E-state index in [1.807, 2.05) is 30.3 Å². The summed E-state index contributed by atoms with van der Waals surface area (Å²) in [7, 11) is 1.62. The molecule has 2 aromatic carbocycles. The molecule has 0 atom stereocenters. The predicted octanol–water partition coefficient (Wildman–Crippen LogP) is 4.00. The summed E-state index contributed by atoms with van der Waals surface area (Å²) >= 11 is 1.67. The summed E-state index contributed by atoms with van der Waals surface area (Å²) in [6.45, 7) is 0. The first kappa shape index (κ1) is 16.4. The summed E-state index contributed by atoms with van der Waals surface area (Å²) in [6.07, 6.45) is 2.15. The number of carbonyl (C=O) groups excluding carboxylic acids is 1. The fourth-order valence-corrected chi connectivity index (χ4v) is 2.81. The van der Waals surface area contributed by atoms with Crippen LogP contribution in [-0.4, -0.2) is 24.5 Å². The van der Waals surface area contributed by atoms with Crippen molar-refractivity contribution in [3.05, 3.63) is 60.2 Å². The quantitative estimate of drug-likeness (QED) is 0.748. The van der Waals surface area contributed by atoms with Crippen LogP contribution in [0.4, 0.5) is 5.69 Å². The molecule has 0 radical (unpaired) electrons. The summed E-state index contributed by atoms with van der Waals surface area (Å²) in [5.74, 6) is 2.30. The molecule has 1 N–H and O–H groups in total. The molecule has 1 amide bonds. The van der Waals surface area contributed by atoms with Gasteiger partial charge in [-0.15, -0.1) is 0 Å². The van der Waals surface area contributed by atoms with Gasteiger partial charge in [0.2, 0.25) is 5.91 Å². The number of hydrogen-bond donors (Lipinski definition) is 1. The van der Waals surface area contributed by atoms with Crippen LogP contribution in [0.5, 0.6) is 5.75 Å². The number of amides is 1. The van der Waals surface area contributed by atoms with Gasteiger partial charge in [-0.2, -0.15) is 11.8 Å². The van der Waals surface area contributed by atoms with Crippen LogP contribution >= 0.6 is 11.8 Å². The van der Waals surface area contributed by atoms with Gasteiger partial charge in [-0.25, -0.2) is 0 Å². The largest absolute Gasteiger partial charge is 0.497 e. The Morgan fingerprint density at radius 3 is 2.50 bits per heavy atom. The molecule has 2 aromatic rings. The predicted molar refractivity (Wildman–Crippen MR) is 93.7 cm³/mol. The highest BCUT2D eigenvalue weighted by Gasteiger charge is 2.03. The van der Waals surface area contributed by atoms with E-state index in [-0.39, 0.29) is 5.91 Å². The number of ether oxygens (including phenoxy) is 1. The van der Waals surface area contributed by atoms with Crippen molar-refractivity contribution in [1.29, 1.82) is 0 Å². The van der Waals surface area contributed by atoms with Crippen molar-refractivity contribution in [2.24, 2.45) is 0 Å². The first-order valence-electron chi connectivity index (χ1n) is 7.33. The highest BCUT2D eigenvalue weighted by molar-refractivity contribution is 7.99. The minimum atomic E-state index is 0.0369. The van der Waals surface area contributed by atoms with Crippen LogP contribution in [0.2, 0.25) is 0 Å². The number of aryl methyl sites for hydroxylation is 1. The molecule has 0 unspecified atom stereocenters. The van der Waals surface area contributed by atoms with Gasteiger partial charge >= 0.3 is 0 Å². The van der Waals surface area contributed by atoms with E-state index < -0.39 is 0 Å². The summed E-state index contributed by atoms with van der Waals surface area (Å²) in [4.78, 5) is 11.8. The second kappa shape index (κ2) is 9.15. The van der Waals surface area contributed by atoms with Gasteiger partial charge in [0.25, 0.3) is 0 Å². The van der Waals surface area contributed by atoms with Gasteiger partial charge in [-0.1, -0.05) is 30.3 Å². The minimum absolute atomic E-state index is 0.0369. The summed E-state index contributed by atoms with van der Waals surface area (Å²) in [5.41, 5.74) is 2.15. The van der Waals surface area contributed by atoms with Crippen molar-refractivity contribution in [2.45, 2.75) is 12.8 Å². The highest BCUT2D eigenvalue weighted by atomic mass is 32.2. The number of methoxy groups -OCH3 is 1. The second-order valence-electron chi connectivity index (χ2n) is 4.92. The van der Waals surface area contributed by atoms with Crippen LogP contribution in [0.1, 0.15) is 12.0 Å². The van der Waals surface area contributed by atoms with Crippen molar-refractivity contribution in [1.82, 2.24) is 0 Å². The van der Waals surface area contributed by atoms with Gasteiger partial charge in [-0.3, -0.25) is 4.79 Å². The van der Waals surface area contributed by atoms with E-state index in [0.29, 0.717) is 5.75 Å². The summed E-state index contributed by atoms with van der Waals surface area (Å²) in [5, 5.41) is 2.89. The molecule has 4 heteroatoms. The fraction of sp³-hybridized carbons (Fsp3) is 0.278. The molecule has 116 valence electrons. The minimum Gasteiger partial charge on any atom is -0.497 e. The van der Waals surface area contributed by atoms with Gasteiger partial charge in [0.15, 0.2) is 0 Å². The molecule has 0 spiro atoms. The number of carbonyl (C=O) groups is 1. The average molecular weight is 315 g/mol. The number of hydrogen-bond acceptors (Lipinski definition) is 3. The number of rotatable bonds is 8. The van der Waals surface area contributed by atoms with Gasteiger partial charge in [0.05, 0.1) is 12.9 Å². The molecular formula is C18H21NO2S. The van der Waals surface area contributed by atoms with E-state index >= 15 is 0 Å². The van der Waals surface area contributed by atoms with Crippen LogP contribution in [-0.2, 0) is 11.2 Å². The monoisotopic (exact) mass is 315 g/mol. The maximum absolute atomic E-state index is 11.8. The summed E-state index contributed by atoms with van der Waals surface area (Å²) < 4.78 is 5.09. The molecule has 0 saturated carbocycles. The van der Waals surface area contributed by atoms with E-state index in [9.17, 15) is 4.79 Å². The van der Waals surface area contributed by atoms with Crippen LogP contribution < -0.4 is 10.1 Å². The molecule has 22 heavy (non-hydrogen) atoms. The van der Waals surface area contributed by atoms with E-state index in [1.165, 1.54) is 5.56 Å². The van der Waals surface area contributed by atoms with Crippen molar-refractivity contribution >= 4 is 23.4 Å². The third-order valence-electron chi connectivity index (χ3n) is 3.20. The SMILES string of the molecule is COc1ccc(NC(=O)CSCCCc2ccccc2)cc1. The van der Waals surface area contributed by atoms with Crippen LogP contribution in [0.3, 0.4) is 0 Å². The fourth-order valence-electron chi connectivity index (χ4n) is 2.06. The molecule has 0 aromatic heterocycles. The third kappa shape index (κ3) is 5.82. The van der Waals surface area contributed by atoms with Crippen molar-refractivity contribution in [2.75, 3.05) is 23.9 Å². The molecule has 0 saturated heterocycles. The van der Waals surface area contributed by atoms with Gasteiger partial charge in [-0.05, 0) is 48.4 Å². The summed E-state index contributed by atoms with van der Waals surface area (Å²) in [6, 6.07) is 17.8. The lowest BCUT2D eigenvalue weighted by Crippen LogP contribution is -2.14. The first-order chi connectivity index (χ1) is 10.8. The van der Waals surface area contributed by atoms with E-state index in [2.05, 4.69) is 29.6 Å². The Kier molecular flexibility index (Phi) is 6.84. The molecule has 0 aliphatic carbocycles. The zero-order valence-electron chi connectivity index (χ0n) is 12.7. The van der Waals surface area contributed by atoms with Crippen LogP contribution in [0.25, 0.3) is 0 Å². The highest BCUT2D eigenvalue weighted by Crippen LogP contribution is 2.15. The normalized spacial score (nSPS) is 10.2. The van der Waals surface area contributed by atoms with Gasteiger partial charge in [0.1, 0.15) is 5.75 Å². The van der Waals surface area contributed by atoms with Crippen LogP contribution in [0, 0.1) is 0 Å². The molecule has 0 aliphatic heterocycles. The van der Waals surface area contributed by atoms with Crippen molar-refractivity contribution < 1.29 is 9.53 Å². The average Bonchev–Trinajstić information content (AvgIpc) is 2.56. The molecule has 2 rings (SSSR count). The molecule has 3 nitrogen and oxygen atoms in total. The Bertz CT molecular complexity index is 569. The lowest BCUT2D eigenvalue weighted by atomic mass is 10.1. The number of benzene rings is 2. The molecule has 0 heterocycles. The Balaban J connectivity index is 1.61. The molecule has 0 aliphatic rings. The van der Waals surface area contributed by atoms with E-state index in [4.69, 9.17) is 4.74 Å². The Labute approximate surface area is 136 Å². The van der Waals surface area contributed by atoms with E-state index in [0.717, 1.165) is 30.0 Å². The second-order valence-corrected chi connectivity index (χ2v) is 6.02. The third-order valence-corrected chi connectivity index (χ3v) is 4.25. The topological polar surface area (TPSA) is 38.3 Å². The first-order valence-corrected chi connectivity index (χ1v) is 8.49. The molecular weight excluding hydrogens is 294 g/mol. The number of thioether (sulfide) groups is 1. The zero-order chi connectivity index (χ0) is 15.6. The number of nitrogens with one attached hydrogen (secondary N) is 1. The zero-order valence-corrected chi connectivity index (χ0v) is 13.6. The molecule has 0 bridgehead atoms. The van der Waals surface area contributed by atoms with Crippen LogP contribution in [0.15, 0.2) is 54.6 Å². The van der Waals surface area contributed by atoms with E-state index in [1.54, 1.807) is 18.9 Å². The van der Waals surface area contributed by atoms with Gasteiger partial charge in [0, 0.05) is 5.69 Å². The Morgan fingerprint density at radius 1 is 1.09 bits per heavy atom. The Morgan fingerprint density at radius 2 is 1.82 bits per heavy atom. The maximum Gasteiger partial charge on any atom is 0.234 e. The maximum atomic E-state index is 11.8. The van der Waals surface area contributed by atoms with Gasteiger partial charge < -0.3 is 10.1 Å². The van der Waals surface area contributed by atoms with Crippen molar-refractivity contribution in [3.63, 3.8) is 0 Å². The standard InChI is InChI=1S/C18H21NO2S/c1-21-17-11-9-16(10-12-17)19-18(20)14-22-13-5-8-15-6-3-2-4-7-15/h2-4,6-7,9-12H,5,8,13-14H2,1H3,(H,19,20). The Hall–Kier alpha value is -1.94. The molecule has 0 fully saturated rings. The lowest BCUT2D eigenvalue weighted by Gasteiger charge is -2.06. The lowest BCUT2D eigenvalue weighted by molar-refractivity contribution is -0.113. The van der Waals surface area contributed by atoms with Crippen molar-refractivity contribution in [3.8, 4) is 5.75 Å². The smallest absolute Gasteiger partial charge is 0.234 e.